The Kier molecular flexibility index (Phi) is 29.9. The van der Waals surface area contributed by atoms with Gasteiger partial charge < -0.3 is 40.5 Å². The van der Waals surface area contributed by atoms with E-state index < -0.39 is 76.0 Å². The third-order valence-electron chi connectivity index (χ3n) is 9.96. The Morgan fingerprint density at radius 3 is 2.02 bits per heavy atom. The molecule has 15 heteroatoms. The number of aliphatic hydroxyl groups is 3. The fourth-order valence-corrected chi connectivity index (χ4v) is 7.28. The van der Waals surface area contributed by atoms with Gasteiger partial charge in [-0.3, -0.25) is 23.4 Å². The van der Waals surface area contributed by atoms with Gasteiger partial charge in [0.05, 0.1) is 37.9 Å². The van der Waals surface area contributed by atoms with Gasteiger partial charge in [-0.2, -0.15) is 0 Å². The van der Waals surface area contributed by atoms with Crippen molar-refractivity contribution in [2.45, 2.75) is 179 Å². The second-order valence-electron chi connectivity index (χ2n) is 15.1. The zero-order valence-electron chi connectivity index (χ0n) is 34.5. The van der Waals surface area contributed by atoms with Crippen molar-refractivity contribution in [1.29, 1.82) is 0 Å². The lowest BCUT2D eigenvalue weighted by atomic mass is 9.89. The molecule has 14 nitrogen and oxygen atoms in total. The average Bonchev–Trinajstić information content (AvgIpc) is 3.44. The molecule has 0 spiro atoms. The summed E-state index contributed by atoms with van der Waals surface area (Å²) >= 11 is 0. The zero-order chi connectivity index (χ0) is 42.3. The molecule has 0 bridgehead atoms. The lowest BCUT2D eigenvalue weighted by molar-refractivity contribution is -0.160. The van der Waals surface area contributed by atoms with Crippen molar-refractivity contribution in [2.24, 2.45) is 17.6 Å². The molecular weight excluding hydrogens is 757 g/mol. The van der Waals surface area contributed by atoms with Crippen LogP contribution in [0, 0.1) is 11.8 Å². The number of allylic oxidation sites excluding steroid dienone is 3. The Balaban J connectivity index is 2.57. The van der Waals surface area contributed by atoms with Crippen molar-refractivity contribution in [2.75, 3.05) is 19.8 Å². The van der Waals surface area contributed by atoms with Crippen molar-refractivity contribution >= 4 is 25.7 Å². The van der Waals surface area contributed by atoms with E-state index in [0.29, 0.717) is 19.3 Å². The zero-order valence-corrected chi connectivity index (χ0v) is 35.4. The van der Waals surface area contributed by atoms with Crippen molar-refractivity contribution in [1.82, 2.24) is 0 Å². The monoisotopic (exact) mass is 831 g/mol. The molecule has 0 aromatic carbocycles. The largest absolute Gasteiger partial charge is 0.480 e. The maximum atomic E-state index is 12.7. The highest BCUT2D eigenvalue weighted by molar-refractivity contribution is 7.47. The number of unbranched alkanes of at least 4 members (excludes halogenated alkanes) is 13. The number of phosphoric ester groups is 1. The maximum absolute atomic E-state index is 12.7. The van der Waals surface area contributed by atoms with Gasteiger partial charge in [0, 0.05) is 18.8 Å². The number of rotatable bonds is 35. The minimum absolute atomic E-state index is 0.0900. The van der Waals surface area contributed by atoms with Crippen molar-refractivity contribution in [3.63, 3.8) is 0 Å². The lowest BCUT2D eigenvalue weighted by Gasteiger charge is -2.20. The molecule has 8 atom stereocenters. The highest BCUT2D eigenvalue weighted by Crippen LogP contribution is 2.43. The number of carbonyl (C=O) groups excluding carboxylic acids is 2. The van der Waals surface area contributed by atoms with E-state index in [1.54, 1.807) is 24.3 Å². The number of hydrogen-bond acceptors (Lipinski definition) is 12. The van der Waals surface area contributed by atoms with E-state index in [2.05, 4.69) is 30.5 Å². The quantitative estimate of drug-likeness (QED) is 0.0160. The Labute approximate surface area is 340 Å². The first-order valence-corrected chi connectivity index (χ1v) is 22.8. The van der Waals surface area contributed by atoms with Gasteiger partial charge in [-0.05, 0) is 50.9 Å². The van der Waals surface area contributed by atoms with E-state index in [1.165, 1.54) is 32.1 Å². The molecule has 1 fully saturated rings. The number of carbonyl (C=O) groups is 3. The van der Waals surface area contributed by atoms with Gasteiger partial charge in [-0.15, -0.1) is 0 Å². The summed E-state index contributed by atoms with van der Waals surface area (Å²) in [6.07, 6.45) is 26.3. The van der Waals surface area contributed by atoms with Crippen LogP contribution in [0.1, 0.15) is 149 Å². The van der Waals surface area contributed by atoms with E-state index in [0.717, 1.165) is 64.2 Å². The Hall–Kier alpha value is -2.42. The summed E-state index contributed by atoms with van der Waals surface area (Å²) in [5.74, 6) is -3.39. The molecule has 1 aliphatic carbocycles. The lowest BCUT2D eigenvalue weighted by Crippen LogP contribution is -2.34. The van der Waals surface area contributed by atoms with E-state index in [-0.39, 0.29) is 31.1 Å². The molecular formula is C42H74NO13P. The summed E-state index contributed by atoms with van der Waals surface area (Å²) in [7, 11) is -4.80. The molecule has 0 radical (unpaired) electrons. The van der Waals surface area contributed by atoms with Gasteiger partial charge in [-0.25, -0.2) is 4.57 Å². The molecule has 0 aromatic heterocycles. The molecule has 0 amide bonds. The molecule has 0 aliphatic heterocycles. The summed E-state index contributed by atoms with van der Waals surface area (Å²) in [5.41, 5.74) is 5.32. The number of aliphatic carboxylic acids is 1. The first-order chi connectivity index (χ1) is 27.3. The smallest absolute Gasteiger partial charge is 0.472 e. The summed E-state index contributed by atoms with van der Waals surface area (Å²) in [5, 5.41) is 40.2. The molecule has 1 unspecified atom stereocenters. The first-order valence-electron chi connectivity index (χ1n) is 21.3. The standard InChI is InChI=1S/C42H74NO13P/c1-3-5-7-8-9-10-11-12-13-14-15-16-17-18-20-26-41(48)56-34(31-54-57(51,52)55-32-37(43)42(49)50)30-53-40(47)25-22-21-24-35-36(39(46)29-38(35)45)28-27-33(44)23-19-6-4-2/h10-11,21-22,27-28,33-39,44-46H,3-9,12-20,23-26,29-32,43H2,1-2H3,(H,49,50)(H,51,52)/b11-10-,22-21-,28-27+/t33-,34-,35+,36-,37+,38+,39-/m1/s1. The summed E-state index contributed by atoms with van der Waals surface area (Å²) in [4.78, 5) is 46.2. The number of phosphoric acid groups is 1. The molecule has 1 aliphatic rings. The van der Waals surface area contributed by atoms with Crippen LogP contribution in [0.2, 0.25) is 0 Å². The van der Waals surface area contributed by atoms with Gasteiger partial charge in [0.2, 0.25) is 0 Å². The highest BCUT2D eigenvalue weighted by atomic mass is 31.2. The number of esters is 2. The van der Waals surface area contributed by atoms with Crippen LogP contribution in [-0.2, 0) is 37.5 Å². The van der Waals surface area contributed by atoms with Crippen LogP contribution in [0.5, 0.6) is 0 Å². The molecule has 1 saturated carbocycles. The topological polar surface area (TPSA) is 232 Å². The Bertz CT molecular complexity index is 1230. The number of ether oxygens (including phenoxy) is 2. The third-order valence-corrected chi connectivity index (χ3v) is 10.9. The summed E-state index contributed by atoms with van der Waals surface area (Å²) in [6.45, 7) is 2.33. The number of nitrogens with two attached hydrogens (primary N) is 1. The van der Waals surface area contributed by atoms with Crippen LogP contribution >= 0.6 is 7.82 Å². The molecule has 0 aromatic rings. The SMILES string of the molecule is CCCCCC/C=C\CCCCCCCCCC(=O)O[C@H](COC(=O)C/C=C\C[C@H]1[C@@H](/C=C/[C@H](O)CCCCC)[C@H](O)C[C@@H]1O)COP(=O)(O)OC[C@H](N)C(=O)O. The molecule has 1 rings (SSSR count). The van der Waals surface area contributed by atoms with Crippen LogP contribution in [0.3, 0.4) is 0 Å². The van der Waals surface area contributed by atoms with E-state index in [1.807, 2.05) is 0 Å². The summed E-state index contributed by atoms with van der Waals surface area (Å²) in [6, 6.07) is -1.57. The number of carboxylic acids is 1. The molecule has 0 heterocycles. The normalized spacial score (nSPS) is 21.2. The predicted molar refractivity (Wildman–Crippen MR) is 219 cm³/mol. The van der Waals surface area contributed by atoms with Crippen LogP contribution in [0.15, 0.2) is 36.5 Å². The van der Waals surface area contributed by atoms with Crippen LogP contribution < -0.4 is 5.73 Å². The van der Waals surface area contributed by atoms with Gasteiger partial charge in [-0.1, -0.05) is 121 Å². The van der Waals surface area contributed by atoms with E-state index in [9.17, 15) is 39.2 Å². The van der Waals surface area contributed by atoms with Gasteiger partial charge >= 0.3 is 25.7 Å². The molecule has 330 valence electrons. The highest BCUT2D eigenvalue weighted by Gasteiger charge is 2.39. The second kappa shape index (κ2) is 32.4. The first kappa shape index (κ1) is 52.6. The van der Waals surface area contributed by atoms with Crippen LogP contribution in [-0.4, -0.2) is 93.5 Å². The van der Waals surface area contributed by atoms with E-state index >= 15 is 0 Å². The van der Waals surface area contributed by atoms with Gasteiger partial charge in [0.1, 0.15) is 12.6 Å². The molecule has 57 heavy (non-hydrogen) atoms. The minimum atomic E-state index is -4.80. The van der Waals surface area contributed by atoms with Crippen molar-refractivity contribution in [3.8, 4) is 0 Å². The number of hydrogen-bond donors (Lipinski definition) is 6. The van der Waals surface area contributed by atoms with Crippen molar-refractivity contribution in [3.05, 3.63) is 36.5 Å². The molecule has 0 saturated heterocycles. The van der Waals surface area contributed by atoms with Gasteiger partial charge in [0.15, 0.2) is 6.10 Å². The van der Waals surface area contributed by atoms with Crippen LogP contribution in [0.4, 0.5) is 0 Å². The summed E-state index contributed by atoms with van der Waals surface area (Å²) < 4.78 is 32.6. The Morgan fingerprint density at radius 1 is 0.772 bits per heavy atom. The molecule has 7 N–H and O–H groups in total. The fourth-order valence-electron chi connectivity index (χ4n) is 6.50. The van der Waals surface area contributed by atoms with Crippen LogP contribution in [0.25, 0.3) is 0 Å². The number of aliphatic hydroxyl groups excluding tert-OH is 3. The Morgan fingerprint density at radius 2 is 1.37 bits per heavy atom. The number of carboxylic acid groups (broad SMARTS) is 1. The fraction of sp³-hybridized carbons (Fsp3) is 0.786. The minimum Gasteiger partial charge on any atom is -0.480 e. The predicted octanol–water partition coefficient (Wildman–Crippen LogP) is 7.22. The van der Waals surface area contributed by atoms with Gasteiger partial charge in [0.25, 0.3) is 0 Å². The van der Waals surface area contributed by atoms with E-state index in [4.69, 9.17) is 24.8 Å². The maximum Gasteiger partial charge on any atom is 0.472 e. The average molecular weight is 832 g/mol. The third kappa shape index (κ3) is 27.1. The van der Waals surface area contributed by atoms with Crippen molar-refractivity contribution < 1.29 is 62.8 Å². The second-order valence-corrected chi connectivity index (χ2v) is 16.6.